The summed E-state index contributed by atoms with van der Waals surface area (Å²) >= 11 is 0. The van der Waals surface area contributed by atoms with Crippen molar-refractivity contribution in [3.63, 3.8) is 0 Å². The van der Waals surface area contributed by atoms with Crippen molar-refractivity contribution in [3.8, 4) is 0 Å². The Hall–Kier alpha value is -0.120. The fourth-order valence-corrected chi connectivity index (χ4v) is 3.06. The van der Waals surface area contributed by atoms with Gasteiger partial charge < -0.3 is 10.5 Å². The van der Waals surface area contributed by atoms with E-state index in [1.54, 1.807) is 7.11 Å². The molecule has 2 atom stereocenters. The predicted octanol–water partition coefficient (Wildman–Crippen LogP) is 2.50. The van der Waals surface area contributed by atoms with Gasteiger partial charge in [0.2, 0.25) is 0 Å². The standard InChI is InChI=1S/C15H32N2O/c1-12(18-6)15(5,11-16)17-9-7-13(8-10-17)14(2,3)4/h12-13H,7-11,16H2,1-6H3. The fourth-order valence-electron chi connectivity index (χ4n) is 3.06. The quantitative estimate of drug-likeness (QED) is 0.840. The van der Waals surface area contributed by atoms with E-state index in [0.29, 0.717) is 12.0 Å². The summed E-state index contributed by atoms with van der Waals surface area (Å²) in [6.45, 7) is 14.4. The smallest absolute Gasteiger partial charge is 0.0736 e. The van der Waals surface area contributed by atoms with E-state index in [1.165, 1.54) is 12.8 Å². The van der Waals surface area contributed by atoms with E-state index in [1.807, 2.05) is 0 Å². The average molecular weight is 256 g/mol. The lowest BCUT2D eigenvalue weighted by Crippen LogP contribution is -2.61. The lowest BCUT2D eigenvalue weighted by molar-refractivity contribution is -0.0512. The fraction of sp³-hybridized carbons (Fsp3) is 1.00. The first-order valence-electron chi connectivity index (χ1n) is 7.23. The minimum atomic E-state index is -0.0302. The maximum atomic E-state index is 6.01. The van der Waals surface area contributed by atoms with Gasteiger partial charge in [-0.25, -0.2) is 0 Å². The van der Waals surface area contributed by atoms with Crippen molar-refractivity contribution in [1.82, 2.24) is 4.90 Å². The second kappa shape index (κ2) is 5.89. The van der Waals surface area contributed by atoms with E-state index < -0.39 is 0 Å². The second-order valence-electron chi connectivity index (χ2n) is 7.07. The molecule has 0 aliphatic carbocycles. The molecule has 0 spiro atoms. The van der Waals surface area contributed by atoms with Crippen molar-refractivity contribution in [2.45, 2.75) is 59.1 Å². The van der Waals surface area contributed by atoms with Gasteiger partial charge in [-0.05, 0) is 51.1 Å². The highest BCUT2D eigenvalue weighted by Crippen LogP contribution is 2.36. The Kier molecular flexibility index (Phi) is 5.22. The molecule has 0 aromatic heterocycles. The third kappa shape index (κ3) is 3.25. The molecule has 1 fully saturated rings. The summed E-state index contributed by atoms with van der Waals surface area (Å²) in [6, 6.07) is 0. The van der Waals surface area contributed by atoms with E-state index in [2.05, 4.69) is 39.5 Å². The molecule has 0 aromatic rings. The summed E-state index contributed by atoms with van der Waals surface area (Å²) in [5, 5.41) is 0. The molecule has 0 amide bonds. The summed E-state index contributed by atoms with van der Waals surface area (Å²) in [5.74, 6) is 0.827. The van der Waals surface area contributed by atoms with Crippen molar-refractivity contribution in [1.29, 1.82) is 0 Å². The van der Waals surface area contributed by atoms with Gasteiger partial charge in [0.1, 0.15) is 0 Å². The van der Waals surface area contributed by atoms with Crippen molar-refractivity contribution < 1.29 is 4.74 Å². The molecule has 1 aliphatic heterocycles. The Balaban J connectivity index is 2.66. The molecule has 3 heteroatoms. The Morgan fingerprint density at radius 3 is 2.06 bits per heavy atom. The van der Waals surface area contributed by atoms with Crippen LogP contribution in [0.4, 0.5) is 0 Å². The molecular weight excluding hydrogens is 224 g/mol. The van der Waals surface area contributed by atoms with Crippen LogP contribution in [0.5, 0.6) is 0 Å². The van der Waals surface area contributed by atoms with Crippen LogP contribution >= 0.6 is 0 Å². The maximum Gasteiger partial charge on any atom is 0.0736 e. The van der Waals surface area contributed by atoms with Crippen molar-refractivity contribution in [2.75, 3.05) is 26.7 Å². The minimum Gasteiger partial charge on any atom is -0.380 e. The number of nitrogens with two attached hydrogens (primary N) is 1. The van der Waals surface area contributed by atoms with E-state index in [4.69, 9.17) is 10.5 Å². The third-order valence-corrected chi connectivity index (χ3v) is 5.08. The number of nitrogens with zero attached hydrogens (tertiary/aromatic N) is 1. The van der Waals surface area contributed by atoms with Gasteiger partial charge in [-0.15, -0.1) is 0 Å². The Morgan fingerprint density at radius 2 is 1.72 bits per heavy atom. The van der Waals surface area contributed by atoms with Crippen LogP contribution < -0.4 is 5.73 Å². The first kappa shape index (κ1) is 15.9. The van der Waals surface area contributed by atoms with Gasteiger partial charge in [-0.2, -0.15) is 0 Å². The first-order valence-corrected chi connectivity index (χ1v) is 7.23. The summed E-state index contributed by atoms with van der Waals surface area (Å²) < 4.78 is 5.53. The highest BCUT2D eigenvalue weighted by Gasteiger charge is 2.39. The van der Waals surface area contributed by atoms with Crippen LogP contribution in [0.15, 0.2) is 0 Å². The molecule has 1 rings (SSSR count). The van der Waals surface area contributed by atoms with Crippen LogP contribution in [0.1, 0.15) is 47.5 Å². The monoisotopic (exact) mass is 256 g/mol. The third-order valence-electron chi connectivity index (χ3n) is 5.08. The molecule has 0 radical (unpaired) electrons. The van der Waals surface area contributed by atoms with Gasteiger partial charge in [-0.1, -0.05) is 20.8 Å². The molecule has 2 unspecified atom stereocenters. The summed E-state index contributed by atoms with van der Waals surface area (Å²) in [5.41, 5.74) is 6.41. The van der Waals surface area contributed by atoms with E-state index in [-0.39, 0.29) is 11.6 Å². The van der Waals surface area contributed by atoms with Crippen LogP contribution in [0.2, 0.25) is 0 Å². The number of hydrogen-bond acceptors (Lipinski definition) is 3. The maximum absolute atomic E-state index is 6.01. The van der Waals surface area contributed by atoms with Gasteiger partial charge in [0.15, 0.2) is 0 Å². The zero-order valence-corrected chi connectivity index (χ0v) is 13.1. The van der Waals surface area contributed by atoms with E-state index in [0.717, 1.165) is 19.0 Å². The van der Waals surface area contributed by atoms with E-state index in [9.17, 15) is 0 Å². The molecule has 0 bridgehead atoms. The molecule has 18 heavy (non-hydrogen) atoms. The van der Waals surface area contributed by atoms with Gasteiger partial charge in [0.05, 0.1) is 11.6 Å². The lowest BCUT2D eigenvalue weighted by Gasteiger charge is -2.49. The predicted molar refractivity (Wildman–Crippen MR) is 77.7 cm³/mol. The largest absolute Gasteiger partial charge is 0.380 e. The summed E-state index contributed by atoms with van der Waals surface area (Å²) in [4.78, 5) is 2.53. The number of hydrogen-bond donors (Lipinski definition) is 1. The van der Waals surface area contributed by atoms with Crippen molar-refractivity contribution in [3.05, 3.63) is 0 Å². The number of piperidine rings is 1. The van der Waals surface area contributed by atoms with Crippen LogP contribution in [0.3, 0.4) is 0 Å². The van der Waals surface area contributed by atoms with Crippen LogP contribution in [-0.4, -0.2) is 43.3 Å². The van der Waals surface area contributed by atoms with Crippen LogP contribution in [0.25, 0.3) is 0 Å². The summed E-state index contributed by atoms with van der Waals surface area (Å²) in [7, 11) is 1.78. The number of rotatable bonds is 4. The average Bonchev–Trinajstić information content (AvgIpc) is 2.36. The van der Waals surface area contributed by atoms with Gasteiger partial charge in [-0.3, -0.25) is 4.90 Å². The molecule has 3 nitrogen and oxygen atoms in total. The number of ether oxygens (including phenoxy) is 1. The van der Waals surface area contributed by atoms with Gasteiger partial charge in [0, 0.05) is 13.7 Å². The van der Waals surface area contributed by atoms with Gasteiger partial charge >= 0.3 is 0 Å². The topological polar surface area (TPSA) is 38.5 Å². The highest BCUT2D eigenvalue weighted by molar-refractivity contribution is 4.95. The molecule has 1 heterocycles. The van der Waals surface area contributed by atoms with Gasteiger partial charge in [0.25, 0.3) is 0 Å². The molecule has 0 saturated carbocycles. The minimum absolute atomic E-state index is 0.0302. The Bertz CT molecular complexity index is 254. The normalized spacial score (nSPS) is 24.8. The molecule has 1 aliphatic rings. The van der Waals surface area contributed by atoms with E-state index >= 15 is 0 Å². The Morgan fingerprint density at radius 1 is 1.22 bits per heavy atom. The first-order chi connectivity index (χ1) is 8.25. The molecule has 1 saturated heterocycles. The zero-order chi connectivity index (χ0) is 14.0. The van der Waals surface area contributed by atoms with Crippen LogP contribution in [0, 0.1) is 11.3 Å². The highest BCUT2D eigenvalue weighted by atomic mass is 16.5. The van der Waals surface area contributed by atoms with Crippen molar-refractivity contribution in [2.24, 2.45) is 17.1 Å². The SMILES string of the molecule is COC(C)C(C)(CN)N1CCC(C(C)(C)C)CC1. The molecular formula is C15H32N2O. The molecule has 2 N–H and O–H groups in total. The van der Waals surface area contributed by atoms with Crippen molar-refractivity contribution >= 4 is 0 Å². The van der Waals surface area contributed by atoms with Crippen LogP contribution in [-0.2, 0) is 4.74 Å². The molecule has 108 valence electrons. The second-order valence-corrected chi connectivity index (χ2v) is 7.07. The lowest BCUT2D eigenvalue weighted by atomic mass is 9.74. The Labute approximate surface area is 113 Å². The molecule has 0 aromatic carbocycles. The zero-order valence-electron chi connectivity index (χ0n) is 13.1. The summed E-state index contributed by atoms with van der Waals surface area (Å²) in [6.07, 6.45) is 2.72. The number of methoxy groups -OCH3 is 1. The number of likely N-dealkylation sites (tertiary alicyclic amines) is 1.